The highest BCUT2D eigenvalue weighted by molar-refractivity contribution is 5.77. The molecule has 0 aromatic rings. The van der Waals surface area contributed by atoms with Gasteiger partial charge in [-0.25, -0.2) is 0 Å². The Hall–Kier alpha value is -0.820. The lowest BCUT2D eigenvalue weighted by atomic mass is 9.99. The van der Waals surface area contributed by atoms with Crippen molar-refractivity contribution in [2.24, 2.45) is 5.92 Å². The summed E-state index contributed by atoms with van der Waals surface area (Å²) in [6.07, 6.45) is -1.48. The van der Waals surface area contributed by atoms with E-state index in [-0.39, 0.29) is 5.91 Å². The highest BCUT2D eigenvalue weighted by Gasteiger charge is 2.28. The average molecular weight is 296 g/mol. The fourth-order valence-electron chi connectivity index (χ4n) is 2.32. The largest absolute Gasteiger partial charge is 0.411 e. The topological polar surface area (TPSA) is 41.6 Å². The van der Waals surface area contributed by atoms with Crippen LogP contribution in [0.5, 0.6) is 0 Å². The average Bonchev–Trinajstić information content (AvgIpc) is 2.38. The van der Waals surface area contributed by atoms with Gasteiger partial charge in [0.2, 0.25) is 5.91 Å². The minimum absolute atomic E-state index is 0.360. The van der Waals surface area contributed by atoms with Gasteiger partial charge in [0.15, 0.2) is 0 Å². The summed E-state index contributed by atoms with van der Waals surface area (Å²) in [6.45, 7) is 3.07. The van der Waals surface area contributed by atoms with Crippen LogP contribution in [0.3, 0.4) is 0 Å². The summed E-state index contributed by atoms with van der Waals surface area (Å²) in [5.41, 5.74) is 0. The fourth-order valence-corrected chi connectivity index (χ4v) is 2.32. The zero-order valence-electron chi connectivity index (χ0n) is 11.8. The summed E-state index contributed by atoms with van der Waals surface area (Å²) in [5.74, 6) is 0.0172. The van der Waals surface area contributed by atoms with E-state index in [9.17, 15) is 18.0 Å². The van der Waals surface area contributed by atoms with Gasteiger partial charge >= 0.3 is 6.18 Å². The molecule has 20 heavy (non-hydrogen) atoms. The second kappa shape index (κ2) is 8.46. The van der Waals surface area contributed by atoms with Gasteiger partial charge in [-0.1, -0.05) is 6.92 Å². The second-order valence-corrected chi connectivity index (χ2v) is 5.16. The van der Waals surface area contributed by atoms with Crippen molar-refractivity contribution < 1.29 is 22.7 Å². The number of amides is 1. The molecule has 1 rings (SSSR count). The van der Waals surface area contributed by atoms with Gasteiger partial charge in [-0.2, -0.15) is 13.2 Å². The number of rotatable bonds is 7. The van der Waals surface area contributed by atoms with Crippen molar-refractivity contribution in [2.75, 3.05) is 39.4 Å². The first kappa shape index (κ1) is 17.2. The molecule has 0 aromatic carbocycles. The van der Waals surface area contributed by atoms with Gasteiger partial charge in [-0.05, 0) is 38.3 Å². The van der Waals surface area contributed by atoms with Crippen molar-refractivity contribution in [3.8, 4) is 0 Å². The van der Waals surface area contributed by atoms with Gasteiger partial charge in [-0.15, -0.1) is 0 Å². The molecule has 0 aromatic heterocycles. The molecule has 0 aliphatic carbocycles. The van der Waals surface area contributed by atoms with Crippen molar-refractivity contribution in [2.45, 2.75) is 32.4 Å². The Bertz CT molecular complexity index is 292. The van der Waals surface area contributed by atoms with Crippen LogP contribution in [0.4, 0.5) is 13.2 Å². The van der Waals surface area contributed by atoms with Crippen molar-refractivity contribution >= 4 is 5.91 Å². The normalized spacial score (nSPS) is 19.9. The first-order valence-corrected chi connectivity index (χ1v) is 7.05. The number of hydrogen-bond donors (Lipinski definition) is 1. The van der Waals surface area contributed by atoms with Crippen LogP contribution in [-0.2, 0) is 9.53 Å². The van der Waals surface area contributed by atoms with Crippen molar-refractivity contribution in [1.82, 2.24) is 10.2 Å². The maximum atomic E-state index is 12.0. The van der Waals surface area contributed by atoms with Crippen molar-refractivity contribution in [3.63, 3.8) is 0 Å². The molecule has 0 saturated carbocycles. The van der Waals surface area contributed by atoms with E-state index < -0.39 is 19.4 Å². The molecule has 0 spiro atoms. The number of nitrogens with one attached hydrogen (secondary N) is 1. The number of carbonyl (C=O) groups is 1. The predicted molar refractivity (Wildman–Crippen MR) is 69.3 cm³/mol. The molecule has 1 amide bonds. The van der Waals surface area contributed by atoms with Gasteiger partial charge in [0.1, 0.15) is 13.2 Å². The summed E-state index contributed by atoms with van der Waals surface area (Å²) in [7, 11) is 0. The lowest BCUT2D eigenvalue weighted by Gasteiger charge is -2.30. The molecule has 0 radical (unpaired) electrons. The molecule has 0 bridgehead atoms. The van der Waals surface area contributed by atoms with E-state index in [1.165, 1.54) is 0 Å². The lowest BCUT2D eigenvalue weighted by Crippen LogP contribution is -2.43. The molecule has 1 fully saturated rings. The molecular weight excluding hydrogens is 273 g/mol. The zero-order valence-corrected chi connectivity index (χ0v) is 11.8. The van der Waals surface area contributed by atoms with Crippen LogP contribution in [-0.4, -0.2) is 56.4 Å². The first-order chi connectivity index (χ1) is 9.42. The van der Waals surface area contributed by atoms with Crippen molar-refractivity contribution in [1.29, 1.82) is 0 Å². The van der Waals surface area contributed by atoms with Crippen LogP contribution in [0.1, 0.15) is 26.2 Å². The van der Waals surface area contributed by atoms with Crippen molar-refractivity contribution in [3.05, 3.63) is 0 Å². The molecule has 1 unspecified atom stereocenters. The van der Waals surface area contributed by atoms with E-state index in [1.807, 2.05) is 6.92 Å². The van der Waals surface area contributed by atoms with Crippen LogP contribution in [0.25, 0.3) is 0 Å². The maximum Gasteiger partial charge on any atom is 0.411 e. The smallest absolute Gasteiger partial charge is 0.362 e. The molecule has 4 nitrogen and oxygen atoms in total. The maximum absolute atomic E-state index is 12.0. The molecule has 118 valence electrons. The van der Waals surface area contributed by atoms with Gasteiger partial charge < -0.3 is 15.0 Å². The quantitative estimate of drug-likeness (QED) is 0.779. The van der Waals surface area contributed by atoms with Crippen LogP contribution < -0.4 is 5.32 Å². The van der Waals surface area contributed by atoms with E-state index in [1.54, 1.807) is 4.90 Å². The first-order valence-electron chi connectivity index (χ1n) is 7.05. The number of carbonyl (C=O) groups excluding carboxylic acids is 1. The molecule has 1 N–H and O–H groups in total. The third-order valence-electron chi connectivity index (χ3n) is 3.22. The Morgan fingerprint density at radius 1 is 1.45 bits per heavy atom. The summed E-state index contributed by atoms with van der Waals surface area (Å²) < 4.78 is 40.4. The number of alkyl halides is 3. The van der Waals surface area contributed by atoms with E-state index >= 15 is 0 Å². The number of ether oxygens (including phenoxy) is 1. The van der Waals surface area contributed by atoms with E-state index in [2.05, 4.69) is 10.1 Å². The summed E-state index contributed by atoms with van der Waals surface area (Å²) in [5, 5.41) is 3.27. The molecule has 1 atom stereocenters. The summed E-state index contributed by atoms with van der Waals surface area (Å²) in [6, 6.07) is 0. The number of halogens is 3. The Morgan fingerprint density at radius 2 is 2.20 bits per heavy atom. The molecule has 7 heteroatoms. The summed E-state index contributed by atoms with van der Waals surface area (Å²) >= 11 is 0. The Labute approximate surface area is 117 Å². The molecule has 1 aliphatic heterocycles. The number of piperidine rings is 1. The standard InChI is InChI=1S/C13H23F3N2O2/c1-2-6-18(8-11-4-3-5-17-7-11)12(19)9-20-10-13(14,15)16/h11,17H,2-10H2,1H3. The third-order valence-corrected chi connectivity index (χ3v) is 3.22. The Morgan fingerprint density at radius 3 is 2.75 bits per heavy atom. The second-order valence-electron chi connectivity index (χ2n) is 5.16. The van der Waals surface area contributed by atoms with E-state index in [0.29, 0.717) is 19.0 Å². The van der Waals surface area contributed by atoms with Crippen LogP contribution in [0.2, 0.25) is 0 Å². The van der Waals surface area contributed by atoms with Gasteiger partial charge in [0.05, 0.1) is 0 Å². The Balaban J connectivity index is 2.37. The molecular formula is C13H23F3N2O2. The minimum Gasteiger partial charge on any atom is -0.362 e. The monoisotopic (exact) mass is 296 g/mol. The number of hydrogen-bond acceptors (Lipinski definition) is 3. The SMILES string of the molecule is CCCN(CC1CCCNC1)C(=O)COCC(F)(F)F. The van der Waals surface area contributed by atoms with E-state index in [0.717, 1.165) is 32.4 Å². The molecule has 1 heterocycles. The minimum atomic E-state index is -4.39. The molecule has 1 saturated heterocycles. The van der Waals surface area contributed by atoms with Crippen LogP contribution >= 0.6 is 0 Å². The van der Waals surface area contributed by atoms with Gasteiger partial charge in [-0.3, -0.25) is 4.79 Å². The summed E-state index contributed by atoms with van der Waals surface area (Å²) in [4.78, 5) is 13.5. The van der Waals surface area contributed by atoms with Gasteiger partial charge in [0, 0.05) is 13.1 Å². The molecule has 1 aliphatic rings. The van der Waals surface area contributed by atoms with E-state index in [4.69, 9.17) is 0 Å². The highest BCUT2D eigenvalue weighted by Crippen LogP contribution is 2.15. The zero-order chi connectivity index (χ0) is 15.0. The predicted octanol–water partition coefficient (Wildman–Crippen LogP) is 1.80. The lowest BCUT2D eigenvalue weighted by molar-refractivity contribution is -0.178. The Kier molecular flexibility index (Phi) is 7.29. The van der Waals surface area contributed by atoms with Gasteiger partial charge in [0.25, 0.3) is 0 Å². The highest BCUT2D eigenvalue weighted by atomic mass is 19.4. The fraction of sp³-hybridized carbons (Fsp3) is 0.923. The van der Waals surface area contributed by atoms with Crippen LogP contribution in [0.15, 0.2) is 0 Å². The van der Waals surface area contributed by atoms with Crippen LogP contribution in [0, 0.1) is 5.92 Å². The number of nitrogens with zero attached hydrogens (tertiary/aromatic N) is 1. The third kappa shape index (κ3) is 7.09.